The summed E-state index contributed by atoms with van der Waals surface area (Å²) in [4.78, 5) is 46.8. The van der Waals surface area contributed by atoms with E-state index in [1.54, 1.807) is 30.2 Å². The molecule has 0 unspecified atom stereocenters. The molecule has 8 nitrogen and oxygen atoms in total. The van der Waals surface area contributed by atoms with Crippen LogP contribution in [0.25, 0.3) is 10.9 Å². The van der Waals surface area contributed by atoms with Crippen molar-refractivity contribution < 1.29 is 9.59 Å². The highest BCUT2D eigenvalue weighted by Gasteiger charge is 2.29. The second-order valence-electron chi connectivity index (χ2n) is 8.47. The van der Waals surface area contributed by atoms with E-state index in [1.165, 1.54) is 0 Å². The van der Waals surface area contributed by atoms with Crippen molar-refractivity contribution in [2.75, 3.05) is 13.1 Å². The quantitative estimate of drug-likeness (QED) is 0.616. The zero-order valence-corrected chi connectivity index (χ0v) is 17.9. The second-order valence-corrected chi connectivity index (χ2v) is 8.47. The third-order valence-corrected chi connectivity index (χ3v) is 5.93. The monoisotopic (exact) mass is 421 g/mol. The molecule has 3 heterocycles. The Kier molecular flexibility index (Phi) is 5.97. The molecule has 1 aromatic carbocycles. The van der Waals surface area contributed by atoms with Gasteiger partial charge in [0, 0.05) is 45.1 Å². The smallest absolute Gasteiger partial charge is 0.258 e. The Balaban J connectivity index is 1.31. The Morgan fingerprint density at radius 2 is 1.97 bits per heavy atom. The number of Topliss-reactive ketones (excluding diaryl/α,β-unsaturated/α-hetero) is 1. The number of aromatic amines is 1. The number of para-hydroxylation sites is 1. The highest BCUT2D eigenvalue weighted by atomic mass is 16.2. The first kappa shape index (κ1) is 21.0. The molecule has 31 heavy (non-hydrogen) atoms. The van der Waals surface area contributed by atoms with E-state index in [1.807, 2.05) is 30.0 Å². The number of amides is 1. The summed E-state index contributed by atoms with van der Waals surface area (Å²) < 4.78 is 1.63. The lowest BCUT2D eigenvalue weighted by molar-refractivity contribution is -0.133. The van der Waals surface area contributed by atoms with Crippen molar-refractivity contribution in [3.8, 4) is 0 Å². The maximum absolute atomic E-state index is 12.8. The number of piperidine rings is 1. The van der Waals surface area contributed by atoms with Gasteiger partial charge in [-0.1, -0.05) is 19.1 Å². The summed E-state index contributed by atoms with van der Waals surface area (Å²) in [6.07, 6.45) is 5.61. The molecule has 1 amide bonds. The number of hydrogen-bond acceptors (Lipinski definition) is 5. The number of H-pyrrole nitrogens is 1. The average molecular weight is 422 g/mol. The number of carbonyl (C=O) groups is 2. The van der Waals surface area contributed by atoms with Crippen molar-refractivity contribution in [3.63, 3.8) is 0 Å². The molecule has 0 radical (unpaired) electrons. The van der Waals surface area contributed by atoms with Gasteiger partial charge < -0.3 is 9.88 Å². The van der Waals surface area contributed by atoms with Crippen molar-refractivity contribution in [1.82, 2.24) is 24.6 Å². The standard InChI is InChI=1S/C23H27N5O3/c1-15(11-20-25-19-6-4-3-5-18(19)23(31)26-20)12-21(29)28-9-7-16(8-10-28)22(30)17-13-24-27(2)14-17/h3-6,13-16H,7-12H2,1-2H3,(H,25,26,31)/t15-/m0/s1. The lowest BCUT2D eigenvalue weighted by Crippen LogP contribution is -2.40. The van der Waals surface area contributed by atoms with Gasteiger partial charge in [0.2, 0.25) is 5.91 Å². The van der Waals surface area contributed by atoms with Gasteiger partial charge in [-0.2, -0.15) is 5.10 Å². The molecule has 8 heteroatoms. The Morgan fingerprint density at radius 3 is 2.68 bits per heavy atom. The van der Waals surface area contributed by atoms with Gasteiger partial charge in [-0.3, -0.25) is 19.1 Å². The number of fused-ring (bicyclic) bond motifs is 1. The number of nitrogens with zero attached hydrogens (tertiary/aromatic N) is 4. The lowest BCUT2D eigenvalue weighted by atomic mass is 9.89. The maximum atomic E-state index is 12.8. The Hall–Kier alpha value is -3.29. The van der Waals surface area contributed by atoms with Crippen LogP contribution in [-0.2, 0) is 18.3 Å². The number of likely N-dealkylation sites (tertiary alicyclic amines) is 1. The van der Waals surface area contributed by atoms with Crippen molar-refractivity contribution in [2.24, 2.45) is 18.9 Å². The molecule has 0 bridgehead atoms. The summed E-state index contributed by atoms with van der Waals surface area (Å²) >= 11 is 0. The summed E-state index contributed by atoms with van der Waals surface area (Å²) in [5.41, 5.74) is 1.15. The number of aryl methyl sites for hydroxylation is 1. The van der Waals surface area contributed by atoms with E-state index in [-0.39, 0.29) is 29.1 Å². The molecule has 1 aliphatic heterocycles. The molecule has 1 fully saturated rings. The number of rotatable bonds is 6. The van der Waals surface area contributed by atoms with Crippen LogP contribution in [0.5, 0.6) is 0 Å². The molecule has 3 aromatic rings. The summed E-state index contributed by atoms with van der Waals surface area (Å²) in [5.74, 6) is 0.789. The van der Waals surface area contributed by atoms with E-state index in [4.69, 9.17) is 0 Å². The largest absolute Gasteiger partial charge is 0.343 e. The van der Waals surface area contributed by atoms with Gasteiger partial charge in [0.05, 0.1) is 22.7 Å². The van der Waals surface area contributed by atoms with E-state index in [9.17, 15) is 14.4 Å². The third-order valence-electron chi connectivity index (χ3n) is 5.93. The molecule has 162 valence electrons. The van der Waals surface area contributed by atoms with Crippen LogP contribution in [0.2, 0.25) is 0 Å². The SMILES string of the molecule is C[C@H](CC(=O)N1CCC(C(=O)c2cnn(C)c2)CC1)Cc1nc2ccccc2c(=O)[nH]1. The first-order valence-corrected chi connectivity index (χ1v) is 10.7. The topological polar surface area (TPSA) is 101 Å². The minimum atomic E-state index is -0.153. The van der Waals surface area contributed by atoms with Crippen LogP contribution in [-0.4, -0.2) is 49.4 Å². The van der Waals surface area contributed by atoms with Gasteiger partial charge >= 0.3 is 0 Å². The summed E-state index contributed by atoms with van der Waals surface area (Å²) in [5, 5.41) is 4.64. The minimum absolute atomic E-state index is 0.0477. The zero-order valence-electron chi connectivity index (χ0n) is 17.9. The fourth-order valence-corrected chi connectivity index (χ4v) is 4.24. The van der Waals surface area contributed by atoms with Gasteiger partial charge in [-0.15, -0.1) is 0 Å². The van der Waals surface area contributed by atoms with Gasteiger partial charge in [0.25, 0.3) is 5.56 Å². The molecule has 2 aromatic heterocycles. The van der Waals surface area contributed by atoms with Crippen LogP contribution in [0, 0.1) is 11.8 Å². The van der Waals surface area contributed by atoms with Crippen molar-refractivity contribution in [2.45, 2.75) is 32.6 Å². The molecular formula is C23H27N5O3. The molecule has 0 aliphatic carbocycles. The Labute approximate surface area is 180 Å². The molecule has 1 saturated heterocycles. The Morgan fingerprint density at radius 1 is 1.23 bits per heavy atom. The second kappa shape index (κ2) is 8.83. The van der Waals surface area contributed by atoms with E-state index < -0.39 is 0 Å². The predicted molar refractivity (Wildman–Crippen MR) is 117 cm³/mol. The first-order chi connectivity index (χ1) is 14.9. The molecule has 1 N–H and O–H groups in total. The normalized spacial score (nSPS) is 15.9. The van der Waals surface area contributed by atoms with Crippen molar-refractivity contribution in [3.05, 3.63) is 58.4 Å². The van der Waals surface area contributed by atoms with Crippen LogP contribution in [0.3, 0.4) is 0 Å². The number of nitrogens with one attached hydrogen (secondary N) is 1. The van der Waals surface area contributed by atoms with Crippen LogP contribution in [0.1, 0.15) is 42.4 Å². The van der Waals surface area contributed by atoms with Crippen molar-refractivity contribution in [1.29, 1.82) is 0 Å². The molecule has 4 rings (SSSR count). The van der Waals surface area contributed by atoms with E-state index in [0.29, 0.717) is 61.1 Å². The molecule has 1 atom stereocenters. The highest BCUT2D eigenvalue weighted by Crippen LogP contribution is 2.23. The van der Waals surface area contributed by atoms with Crippen molar-refractivity contribution >= 4 is 22.6 Å². The van der Waals surface area contributed by atoms with Gasteiger partial charge in [-0.05, 0) is 30.9 Å². The van der Waals surface area contributed by atoms with Crippen LogP contribution in [0.4, 0.5) is 0 Å². The molecule has 1 aliphatic rings. The Bertz CT molecular complexity index is 1160. The van der Waals surface area contributed by atoms with Crippen LogP contribution >= 0.6 is 0 Å². The average Bonchev–Trinajstić information content (AvgIpc) is 3.19. The minimum Gasteiger partial charge on any atom is -0.343 e. The fourth-order valence-electron chi connectivity index (χ4n) is 4.24. The van der Waals surface area contributed by atoms with E-state index >= 15 is 0 Å². The highest BCUT2D eigenvalue weighted by molar-refractivity contribution is 5.97. The van der Waals surface area contributed by atoms with Gasteiger partial charge in [0.1, 0.15) is 5.82 Å². The molecule has 0 saturated carbocycles. The van der Waals surface area contributed by atoms with Gasteiger partial charge in [-0.25, -0.2) is 4.98 Å². The summed E-state index contributed by atoms with van der Waals surface area (Å²) in [6.45, 7) is 3.17. The summed E-state index contributed by atoms with van der Waals surface area (Å²) in [6, 6.07) is 7.24. The van der Waals surface area contributed by atoms with E-state index in [0.717, 1.165) is 0 Å². The third kappa shape index (κ3) is 4.73. The predicted octanol–water partition coefficient (Wildman–Crippen LogP) is 2.35. The first-order valence-electron chi connectivity index (χ1n) is 10.7. The number of carbonyl (C=O) groups excluding carboxylic acids is 2. The zero-order chi connectivity index (χ0) is 22.0. The fraction of sp³-hybridized carbons (Fsp3) is 0.435. The van der Waals surface area contributed by atoms with Crippen LogP contribution < -0.4 is 5.56 Å². The molecule has 0 spiro atoms. The van der Waals surface area contributed by atoms with Gasteiger partial charge in [0.15, 0.2) is 5.78 Å². The van der Waals surface area contributed by atoms with Crippen LogP contribution in [0.15, 0.2) is 41.5 Å². The maximum Gasteiger partial charge on any atom is 0.258 e. The number of aromatic nitrogens is 4. The number of hydrogen-bond donors (Lipinski definition) is 1. The molecular weight excluding hydrogens is 394 g/mol. The summed E-state index contributed by atoms with van der Waals surface area (Å²) in [7, 11) is 1.79. The van der Waals surface area contributed by atoms with E-state index in [2.05, 4.69) is 15.1 Å². The lowest BCUT2D eigenvalue weighted by Gasteiger charge is -2.32. The number of benzene rings is 1. The number of ketones is 1.